The van der Waals surface area contributed by atoms with Gasteiger partial charge >= 0.3 is 0 Å². The molecule has 0 spiro atoms. The van der Waals surface area contributed by atoms with Crippen molar-refractivity contribution in [2.45, 2.75) is 39.5 Å². The first-order valence-electron chi connectivity index (χ1n) is 7.53. The lowest BCUT2D eigenvalue weighted by Gasteiger charge is -2.31. The smallest absolute Gasteiger partial charge is 0.138 e. The summed E-state index contributed by atoms with van der Waals surface area (Å²) in [5.41, 5.74) is 1.11. The molecule has 0 aliphatic carbocycles. The van der Waals surface area contributed by atoms with E-state index in [1.54, 1.807) is 6.07 Å². The molecule has 0 unspecified atom stereocenters. The summed E-state index contributed by atoms with van der Waals surface area (Å²) in [5, 5.41) is 0. The second kappa shape index (κ2) is 11.1. The molecule has 20 heavy (non-hydrogen) atoms. The van der Waals surface area contributed by atoms with E-state index >= 15 is 0 Å². The summed E-state index contributed by atoms with van der Waals surface area (Å²) in [5.74, 6) is -0.116. The average Bonchev–Trinajstić information content (AvgIpc) is 2.49. The van der Waals surface area contributed by atoms with Gasteiger partial charge < -0.3 is 4.90 Å². The molecule has 1 heterocycles. The fourth-order valence-electron chi connectivity index (χ4n) is 1.70. The van der Waals surface area contributed by atoms with E-state index in [-0.39, 0.29) is 5.82 Å². The number of hydrogen-bond acceptors (Lipinski definition) is 3. The molecule has 0 N–H and O–H groups in total. The quantitative estimate of drug-likeness (QED) is 0.746. The van der Waals surface area contributed by atoms with Crippen LogP contribution < -0.4 is 0 Å². The third-order valence-electron chi connectivity index (χ3n) is 2.78. The Hall–Kier alpha value is -0.580. The predicted molar refractivity (Wildman–Crippen MR) is 88.8 cm³/mol. The highest BCUT2D eigenvalue weighted by Gasteiger charge is 2.16. The number of benzene rings is 1. The van der Waals surface area contributed by atoms with Crippen molar-refractivity contribution in [2.75, 3.05) is 33.2 Å². The van der Waals surface area contributed by atoms with Gasteiger partial charge in [-0.15, -0.1) is 0 Å². The molecule has 2 rings (SSSR count). The molecule has 2 nitrogen and oxygen atoms in total. The zero-order valence-electron chi connectivity index (χ0n) is 13.7. The van der Waals surface area contributed by atoms with E-state index in [9.17, 15) is 4.39 Å². The average molecular weight is 300 g/mol. The van der Waals surface area contributed by atoms with E-state index in [0.29, 0.717) is 0 Å². The van der Waals surface area contributed by atoms with Crippen LogP contribution in [0.1, 0.15) is 33.3 Å². The maximum Gasteiger partial charge on any atom is 0.138 e. The van der Waals surface area contributed by atoms with Gasteiger partial charge in [0.15, 0.2) is 0 Å². The van der Waals surface area contributed by atoms with Gasteiger partial charge in [-0.1, -0.05) is 33.8 Å². The highest BCUT2D eigenvalue weighted by atomic mass is 32.2. The van der Waals surface area contributed by atoms with E-state index in [1.807, 2.05) is 46.8 Å². The van der Waals surface area contributed by atoms with Crippen LogP contribution in [0, 0.1) is 12.7 Å². The molecule has 1 aliphatic heterocycles. The van der Waals surface area contributed by atoms with Crippen LogP contribution in [0.3, 0.4) is 0 Å². The van der Waals surface area contributed by atoms with Crippen LogP contribution in [-0.2, 0) is 0 Å². The number of rotatable bonds is 2. The summed E-state index contributed by atoms with van der Waals surface area (Å²) < 4.78 is 15.8. The first-order valence-corrected chi connectivity index (χ1v) is 8.30. The number of piperazine rings is 1. The molecule has 1 aromatic rings. The zero-order valence-corrected chi connectivity index (χ0v) is 14.6. The van der Waals surface area contributed by atoms with Crippen molar-refractivity contribution in [3.05, 3.63) is 29.6 Å². The Morgan fingerprint density at radius 3 is 2.10 bits per heavy atom. The Balaban J connectivity index is 0.000000829. The summed E-state index contributed by atoms with van der Waals surface area (Å²) in [6, 6.07) is 5.27. The largest absolute Gasteiger partial charge is 0.304 e. The SMILES string of the molecule is CC.CC.Cc1ccc(F)c(SN2CCN(C)CC2)c1. The molecule has 4 heteroatoms. The van der Waals surface area contributed by atoms with Crippen LogP contribution in [0.2, 0.25) is 0 Å². The summed E-state index contributed by atoms with van der Waals surface area (Å²) in [6.45, 7) is 14.1. The van der Waals surface area contributed by atoms with Gasteiger partial charge in [0.05, 0.1) is 4.90 Å². The first-order chi connectivity index (χ1) is 9.65. The molecule has 0 radical (unpaired) electrons. The van der Waals surface area contributed by atoms with E-state index in [2.05, 4.69) is 16.3 Å². The Morgan fingerprint density at radius 1 is 1.00 bits per heavy atom. The second-order valence-electron chi connectivity index (χ2n) is 4.26. The van der Waals surface area contributed by atoms with E-state index in [0.717, 1.165) is 36.6 Å². The Bertz CT molecular complexity index is 363. The lowest BCUT2D eigenvalue weighted by atomic mass is 10.2. The number of nitrogens with zero attached hydrogens (tertiary/aromatic N) is 2. The fraction of sp³-hybridized carbons (Fsp3) is 0.625. The molecule has 0 aromatic heterocycles. The molecule has 116 valence electrons. The van der Waals surface area contributed by atoms with Gasteiger partial charge in [-0.25, -0.2) is 8.70 Å². The Morgan fingerprint density at radius 2 is 1.55 bits per heavy atom. The van der Waals surface area contributed by atoms with Gasteiger partial charge in [0.25, 0.3) is 0 Å². The molecule has 0 atom stereocenters. The molecule has 1 aliphatic rings. The summed E-state index contributed by atoms with van der Waals surface area (Å²) >= 11 is 1.54. The maximum absolute atomic E-state index is 13.5. The zero-order chi connectivity index (χ0) is 15.5. The van der Waals surface area contributed by atoms with E-state index in [4.69, 9.17) is 0 Å². The molecule has 0 saturated carbocycles. The summed E-state index contributed by atoms with van der Waals surface area (Å²) in [7, 11) is 2.12. The van der Waals surface area contributed by atoms with Crippen molar-refractivity contribution in [1.29, 1.82) is 0 Å². The van der Waals surface area contributed by atoms with E-state index < -0.39 is 0 Å². The van der Waals surface area contributed by atoms with E-state index in [1.165, 1.54) is 11.9 Å². The van der Waals surface area contributed by atoms with Crippen molar-refractivity contribution >= 4 is 11.9 Å². The van der Waals surface area contributed by atoms with Crippen LogP contribution in [0.4, 0.5) is 4.39 Å². The Labute approximate surface area is 128 Å². The summed E-state index contributed by atoms with van der Waals surface area (Å²) in [4.78, 5) is 3.04. The minimum atomic E-state index is -0.116. The van der Waals surface area contributed by atoms with Crippen LogP contribution in [0.25, 0.3) is 0 Å². The van der Waals surface area contributed by atoms with Crippen LogP contribution in [0.15, 0.2) is 23.1 Å². The molecule has 1 saturated heterocycles. The van der Waals surface area contributed by atoms with Crippen molar-refractivity contribution in [1.82, 2.24) is 9.21 Å². The highest BCUT2D eigenvalue weighted by molar-refractivity contribution is 7.97. The molecule has 0 amide bonds. The Kier molecular flexibility index (Phi) is 10.8. The van der Waals surface area contributed by atoms with Crippen LogP contribution in [0.5, 0.6) is 0 Å². The molecular weight excluding hydrogens is 271 g/mol. The third-order valence-corrected chi connectivity index (χ3v) is 3.91. The number of likely N-dealkylation sites (N-methyl/N-ethyl adjacent to an activating group) is 1. The lowest BCUT2D eigenvalue weighted by molar-refractivity contribution is 0.233. The topological polar surface area (TPSA) is 6.48 Å². The minimum Gasteiger partial charge on any atom is -0.304 e. The van der Waals surface area contributed by atoms with Gasteiger partial charge in [0, 0.05) is 26.2 Å². The molecule has 1 fully saturated rings. The van der Waals surface area contributed by atoms with Gasteiger partial charge in [0.1, 0.15) is 5.82 Å². The fourth-order valence-corrected chi connectivity index (χ4v) is 2.72. The first kappa shape index (κ1) is 19.4. The third kappa shape index (κ3) is 6.73. The van der Waals surface area contributed by atoms with Gasteiger partial charge in [-0.05, 0) is 43.6 Å². The summed E-state index contributed by atoms with van der Waals surface area (Å²) in [6.07, 6.45) is 0. The van der Waals surface area contributed by atoms with Crippen LogP contribution in [-0.4, -0.2) is 42.4 Å². The number of hydrogen-bond donors (Lipinski definition) is 0. The molecular formula is C16H29FN2S. The monoisotopic (exact) mass is 300 g/mol. The normalized spacial score (nSPS) is 15.8. The standard InChI is InChI=1S/C12H17FN2S.2C2H6/c1-10-3-4-11(13)12(9-10)16-15-7-5-14(2)6-8-15;2*1-2/h3-4,9H,5-8H2,1-2H3;2*1-2H3. The van der Waals surface area contributed by atoms with Gasteiger partial charge in [0.2, 0.25) is 0 Å². The van der Waals surface area contributed by atoms with Crippen molar-refractivity contribution < 1.29 is 4.39 Å². The van der Waals surface area contributed by atoms with Crippen LogP contribution >= 0.6 is 11.9 Å². The highest BCUT2D eigenvalue weighted by Crippen LogP contribution is 2.27. The van der Waals surface area contributed by atoms with Crippen molar-refractivity contribution in [3.8, 4) is 0 Å². The molecule has 0 bridgehead atoms. The van der Waals surface area contributed by atoms with Gasteiger partial charge in [-0.3, -0.25) is 0 Å². The van der Waals surface area contributed by atoms with Gasteiger partial charge in [-0.2, -0.15) is 0 Å². The maximum atomic E-state index is 13.5. The van der Waals surface area contributed by atoms with Crippen molar-refractivity contribution in [3.63, 3.8) is 0 Å². The minimum absolute atomic E-state index is 0.116. The van der Waals surface area contributed by atoms with Crippen molar-refractivity contribution in [2.24, 2.45) is 0 Å². The lowest BCUT2D eigenvalue weighted by Crippen LogP contribution is -2.41. The second-order valence-corrected chi connectivity index (χ2v) is 5.40. The predicted octanol–water partition coefficient (Wildman–Crippen LogP) is 4.44. The number of aryl methyl sites for hydroxylation is 1. The molecule has 1 aromatic carbocycles. The number of halogens is 1.